The van der Waals surface area contributed by atoms with Crippen molar-refractivity contribution in [1.82, 2.24) is 0 Å². The zero-order chi connectivity index (χ0) is 10.6. The van der Waals surface area contributed by atoms with E-state index in [0.29, 0.717) is 13.2 Å². The van der Waals surface area contributed by atoms with Gasteiger partial charge in [-0.3, -0.25) is 4.79 Å². The molecule has 80 valence electrons. The van der Waals surface area contributed by atoms with Crippen molar-refractivity contribution in [3.8, 4) is 0 Å². The molecule has 1 heterocycles. The first-order chi connectivity index (χ1) is 6.42. The van der Waals surface area contributed by atoms with Gasteiger partial charge in [-0.05, 0) is 18.3 Å². The van der Waals surface area contributed by atoms with Gasteiger partial charge in [0.25, 0.3) is 0 Å². The van der Waals surface area contributed by atoms with Gasteiger partial charge in [-0.1, -0.05) is 20.8 Å². The van der Waals surface area contributed by atoms with E-state index in [0.717, 1.165) is 12.8 Å². The molecule has 3 heteroatoms. The molecule has 2 aliphatic rings. The highest BCUT2D eigenvalue weighted by molar-refractivity contribution is 5.81. The van der Waals surface area contributed by atoms with Crippen molar-refractivity contribution in [2.24, 2.45) is 16.2 Å². The van der Waals surface area contributed by atoms with E-state index in [1.54, 1.807) is 0 Å². The summed E-state index contributed by atoms with van der Waals surface area (Å²) in [6.45, 7) is 7.42. The van der Waals surface area contributed by atoms with E-state index >= 15 is 0 Å². The molecule has 14 heavy (non-hydrogen) atoms. The number of hydrogen-bond acceptors (Lipinski definition) is 2. The second kappa shape index (κ2) is 2.51. The van der Waals surface area contributed by atoms with Gasteiger partial charge in [0, 0.05) is 5.41 Å². The van der Waals surface area contributed by atoms with Gasteiger partial charge in [-0.2, -0.15) is 0 Å². The fourth-order valence-corrected chi connectivity index (χ4v) is 3.22. The lowest BCUT2D eigenvalue weighted by Crippen LogP contribution is -2.54. The van der Waals surface area contributed by atoms with Crippen LogP contribution < -0.4 is 0 Å². The van der Waals surface area contributed by atoms with Crippen molar-refractivity contribution in [3.63, 3.8) is 0 Å². The van der Waals surface area contributed by atoms with E-state index in [1.807, 2.05) is 0 Å². The van der Waals surface area contributed by atoms with Crippen LogP contribution in [0.1, 0.15) is 33.6 Å². The van der Waals surface area contributed by atoms with Crippen molar-refractivity contribution in [2.75, 3.05) is 13.2 Å². The van der Waals surface area contributed by atoms with Gasteiger partial charge in [0.15, 0.2) is 0 Å². The van der Waals surface area contributed by atoms with Gasteiger partial charge in [-0.15, -0.1) is 0 Å². The Balaban J connectivity index is 2.34. The molecule has 1 saturated carbocycles. The number of rotatable bonds is 3. The van der Waals surface area contributed by atoms with Gasteiger partial charge < -0.3 is 9.84 Å². The number of carbonyl (C=O) groups is 1. The Labute approximate surface area is 84.4 Å². The smallest absolute Gasteiger partial charge is 0.310 e. The molecule has 1 unspecified atom stereocenters. The standard InChI is InChI=1S/C11H18O3/c1-4-10(6-14-7-10)11(8(12)13)5-9(11,2)3/h4-7H2,1-3H3,(H,12,13). The maximum Gasteiger partial charge on any atom is 0.310 e. The van der Waals surface area contributed by atoms with Crippen molar-refractivity contribution in [2.45, 2.75) is 33.6 Å². The lowest BCUT2D eigenvalue weighted by molar-refractivity contribution is -0.189. The zero-order valence-corrected chi connectivity index (χ0v) is 9.09. The Kier molecular flexibility index (Phi) is 1.79. The van der Waals surface area contributed by atoms with Crippen molar-refractivity contribution in [3.05, 3.63) is 0 Å². The summed E-state index contributed by atoms with van der Waals surface area (Å²) in [5, 5.41) is 9.42. The predicted octanol–water partition coefficient (Wildman–Crippen LogP) is 1.91. The molecule has 1 aliphatic heterocycles. The molecule has 0 radical (unpaired) electrons. The quantitative estimate of drug-likeness (QED) is 0.753. The minimum absolute atomic E-state index is 0.0569. The van der Waals surface area contributed by atoms with Crippen LogP contribution >= 0.6 is 0 Å². The molecular weight excluding hydrogens is 180 g/mol. The third-order valence-corrected chi connectivity index (χ3v) is 4.44. The maximum atomic E-state index is 11.4. The van der Waals surface area contributed by atoms with Crippen LogP contribution in [0, 0.1) is 16.2 Å². The molecule has 0 aromatic heterocycles. The van der Waals surface area contributed by atoms with Crippen LogP contribution in [0.3, 0.4) is 0 Å². The molecule has 0 spiro atoms. The van der Waals surface area contributed by atoms with E-state index in [1.165, 1.54) is 0 Å². The van der Waals surface area contributed by atoms with Crippen LogP contribution in [0.2, 0.25) is 0 Å². The van der Waals surface area contributed by atoms with E-state index in [4.69, 9.17) is 4.74 Å². The molecule has 1 aliphatic carbocycles. The molecule has 3 nitrogen and oxygen atoms in total. The molecule has 2 fully saturated rings. The second-order valence-corrected chi connectivity index (χ2v) is 5.40. The highest BCUT2D eigenvalue weighted by atomic mass is 16.5. The fourth-order valence-electron chi connectivity index (χ4n) is 3.22. The lowest BCUT2D eigenvalue weighted by atomic mass is 9.65. The van der Waals surface area contributed by atoms with E-state index in [-0.39, 0.29) is 10.8 Å². The SMILES string of the molecule is CCC1(C2(C(=O)O)CC2(C)C)COC1. The number of aliphatic carboxylic acids is 1. The Morgan fingerprint density at radius 3 is 2.00 bits per heavy atom. The molecule has 1 N–H and O–H groups in total. The zero-order valence-electron chi connectivity index (χ0n) is 9.09. The summed E-state index contributed by atoms with van der Waals surface area (Å²) in [4.78, 5) is 11.4. The van der Waals surface area contributed by atoms with Gasteiger partial charge in [0.1, 0.15) is 0 Å². The van der Waals surface area contributed by atoms with Crippen LogP contribution in [-0.2, 0) is 9.53 Å². The average Bonchev–Trinajstić information content (AvgIpc) is 2.55. The minimum Gasteiger partial charge on any atom is -0.481 e. The Morgan fingerprint density at radius 1 is 1.43 bits per heavy atom. The van der Waals surface area contributed by atoms with Crippen LogP contribution in [0.4, 0.5) is 0 Å². The summed E-state index contributed by atoms with van der Waals surface area (Å²) >= 11 is 0. The third kappa shape index (κ3) is 0.842. The first-order valence-corrected chi connectivity index (χ1v) is 5.23. The van der Waals surface area contributed by atoms with Gasteiger partial charge in [0.2, 0.25) is 0 Å². The Bertz CT molecular complexity index is 273. The molecule has 1 saturated heterocycles. The largest absolute Gasteiger partial charge is 0.481 e. The highest BCUT2D eigenvalue weighted by Gasteiger charge is 2.77. The summed E-state index contributed by atoms with van der Waals surface area (Å²) in [5.41, 5.74) is -0.673. The summed E-state index contributed by atoms with van der Waals surface area (Å²) in [5.74, 6) is -0.632. The number of hydrogen-bond donors (Lipinski definition) is 1. The van der Waals surface area contributed by atoms with Crippen LogP contribution in [-0.4, -0.2) is 24.3 Å². The second-order valence-electron chi connectivity index (χ2n) is 5.40. The summed E-state index contributed by atoms with van der Waals surface area (Å²) < 4.78 is 5.24. The first kappa shape index (κ1) is 9.97. The summed E-state index contributed by atoms with van der Waals surface area (Å²) in [6.07, 6.45) is 1.70. The topological polar surface area (TPSA) is 46.5 Å². The van der Waals surface area contributed by atoms with Gasteiger partial charge in [-0.25, -0.2) is 0 Å². The minimum atomic E-state index is -0.632. The Hall–Kier alpha value is -0.570. The molecule has 0 amide bonds. The third-order valence-electron chi connectivity index (χ3n) is 4.44. The van der Waals surface area contributed by atoms with Crippen LogP contribution in [0.25, 0.3) is 0 Å². The van der Waals surface area contributed by atoms with Crippen LogP contribution in [0.5, 0.6) is 0 Å². The fraction of sp³-hybridized carbons (Fsp3) is 0.909. The first-order valence-electron chi connectivity index (χ1n) is 5.23. The lowest BCUT2D eigenvalue weighted by Gasteiger charge is -2.47. The number of carboxylic acids is 1. The van der Waals surface area contributed by atoms with Crippen molar-refractivity contribution >= 4 is 5.97 Å². The van der Waals surface area contributed by atoms with E-state index in [2.05, 4.69) is 20.8 Å². The monoisotopic (exact) mass is 198 g/mol. The maximum absolute atomic E-state index is 11.4. The van der Waals surface area contributed by atoms with E-state index < -0.39 is 11.4 Å². The van der Waals surface area contributed by atoms with Crippen molar-refractivity contribution < 1.29 is 14.6 Å². The molecule has 0 aromatic carbocycles. The molecule has 2 rings (SSSR count). The summed E-state index contributed by atoms with van der Waals surface area (Å²) in [6, 6.07) is 0. The molecular formula is C11H18O3. The van der Waals surface area contributed by atoms with Crippen molar-refractivity contribution in [1.29, 1.82) is 0 Å². The highest BCUT2D eigenvalue weighted by Crippen LogP contribution is 2.74. The van der Waals surface area contributed by atoms with Crippen LogP contribution in [0.15, 0.2) is 0 Å². The molecule has 0 bridgehead atoms. The van der Waals surface area contributed by atoms with E-state index in [9.17, 15) is 9.90 Å². The predicted molar refractivity (Wildman–Crippen MR) is 52.0 cm³/mol. The number of ether oxygens (including phenoxy) is 1. The number of carboxylic acid groups (broad SMARTS) is 1. The van der Waals surface area contributed by atoms with Gasteiger partial charge in [0.05, 0.1) is 18.6 Å². The Morgan fingerprint density at radius 2 is 1.93 bits per heavy atom. The molecule has 0 aromatic rings. The average molecular weight is 198 g/mol. The normalized spacial score (nSPS) is 37.4. The van der Waals surface area contributed by atoms with Gasteiger partial charge >= 0.3 is 5.97 Å². The molecule has 1 atom stereocenters. The summed E-state index contributed by atoms with van der Waals surface area (Å²) in [7, 11) is 0.